The molecule has 0 atom stereocenters. The second kappa shape index (κ2) is 10.1. The monoisotopic (exact) mass is 509 g/mol. The lowest BCUT2D eigenvalue weighted by Gasteiger charge is -2.11. The SMILES string of the molecule is Cc1c(C#N)c(NC(=S)Nc2ccc(Cl)cc2)nn1-c1nnc(Cc2ccccc2)c2ccccc12. The van der Waals surface area contributed by atoms with Crippen LogP contribution in [0.4, 0.5) is 11.5 Å². The predicted molar refractivity (Wildman–Crippen MR) is 147 cm³/mol. The first kappa shape index (κ1) is 23.4. The van der Waals surface area contributed by atoms with Crippen LogP contribution in [0.2, 0.25) is 5.02 Å². The van der Waals surface area contributed by atoms with Gasteiger partial charge in [-0.3, -0.25) is 0 Å². The van der Waals surface area contributed by atoms with E-state index in [1.165, 1.54) is 0 Å². The Bertz CT molecular complexity index is 1610. The van der Waals surface area contributed by atoms with Gasteiger partial charge in [-0.05, 0) is 49.0 Å². The zero-order valence-electron chi connectivity index (χ0n) is 19.2. The highest BCUT2D eigenvalue weighted by Crippen LogP contribution is 2.27. The quantitative estimate of drug-likeness (QED) is 0.279. The Hall–Kier alpha value is -4.32. The zero-order valence-corrected chi connectivity index (χ0v) is 20.8. The summed E-state index contributed by atoms with van der Waals surface area (Å²) in [5.41, 5.74) is 3.79. The molecule has 0 aliphatic carbocycles. The minimum Gasteiger partial charge on any atom is -0.332 e. The molecular formula is C27H20ClN7S. The molecule has 2 N–H and O–H groups in total. The molecule has 0 radical (unpaired) electrons. The fraction of sp³-hybridized carbons (Fsp3) is 0.0741. The summed E-state index contributed by atoms with van der Waals surface area (Å²) in [6.45, 7) is 1.82. The average molecular weight is 510 g/mol. The van der Waals surface area contributed by atoms with Crippen molar-refractivity contribution in [3.05, 3.63) is 106 Å². The van der Waals surface area contributed by atoms with E-state index < -0.39 is 0 Å². The molecule has 0 aliphatic rings. The van der Waals surface area contributed by atoms with E-state index in [1.54, 1.807) is 16.8 Å². The minimum atomic E-state index is 0.299. The molecular weight excluding hydrogens is 490 g/mol. The molecule has 5 aromatic rings. The van der Waals surface area contributed by atoms with Crippen molar-refractivity contribution in [1.82, 2.24) is 20.0 Å². The van der Waals surface area contributed by atoms with Crippen LogP contribution in [-0.2, 0) is 6.42 Å². The lowest BCUT2D eigenvalue weighted by atomic mass is 10.0. The Morgan fingerprint density at radius 1 is 0.944 bits per heavy atom. The number of nitriles is 1. The molecule has 3 aromatic carbocycles. The maximum atomic E-state index is 9.86. The molecule has 7 nitrogen and oxygen atoms in total. The molecule has 0 fully saturated rings. The van der Waals surface area contributed by atoms with Crippen molar-refractivity contribution in [2.45, 2.75) is 13.3 Å². The fourth-order valence-corrected chi connectivity index (χ4v) is 4.29. The summed E-state index contributed by atoms with van der Waals surface area (Å²) < 4.78 is 1.63. The summed E-state index contributed by atoms with van der Waals surface area (Å²) in [7, 11) is 0. The Morgan fingerprint density at radius 2 is 1.64 bits per heavy atom. The van der Waals surface area contributed by atoms with E-state index >= 15 is 0 Å². The molecule has 5 rings (SSSR count). The van der Waals surface area contributed by atoms with E-state index in [4.69, 9.17) is 23.8 Å². The summed E-state index contributed by atoms with van der Waals surface area (Å²) in [5, 5.41) is 32.5. The predicted octanol–water partition coefficient (Wildman–Crippen LogP) is 6.05. The standard InChI is InChI=1S/C27H20ClN7S/c1-17-23(16-29)25(31-27(36)30-20-13-11-19(28)12-14-20)34-35(17)26-22-10-6-5-9-21(22)24(32-33-26)15-18-7-3-2-4-8-18/h2-14H,15H2,1H3,(H2,30,31,34,36). The molecule has 0 saturated heterocycles. The molecule has 176 valence electrons. The van der Waals surface area contributed by atoms with E-state index in [9.17, 15) is 5.26 Å². The van der Waals surface area contributed by atoms with Crippen molar-refractivity contribution in [1.29, 1.82) is 5.26 Å². The highest BCUT2D eigenvalue weighted by molar-refractivity contribution is 7.80. The number of aromatic nitrogens is 4. The van der Waals surface area contributed by atoms with Crippen LogP contribution in [0.15, 0.2) is 78.9 Å². The van der Waals surface area contributed by atoms with Crippen LogP contribution in [0.1, 0.15) is 22.5 Å². The van der Waals surface area contributed by atoms with Crippen LogP contribution in [-0.4, -0.2) is 25.1 Å². The van der Waals surface area contributed by atoms with Gasteiger partial charge in [0.05, 0.1) is 11.4 Å². The van der Waals surface area contributed by atoms with Crippen molar-refractivity contribution in [2.24, 2.45) is 0 Å². The van der Waals surface area contributed by atoms with Crippen LogP contribution in [0.3, 0.4) is 0 Å². The second-order valence-electron chi connectivity index (χ2n) is 8.10. The number of hydrogen-bond donors (Lipinski definition) is 2. The largest absolute Gasteiger partial charge is 0.332 e. The highest BCUT2D eigenvalue weighted by atomic mass is 35.5. The minimum absolute atomic E-state index is 0.299. The first-order valence-electron chi connectivity index (χ1n) is 11.2. The van der Waals surface area contributed by atoms with E-state index in [0.717, 1.165) is 27.7 Å². The molecule has 0 bridgehead atoms. The third-order valence-corrected chi connectivity index (χ3v) is 6.18. The summed E-state index contributed by atoms with van der Waals surface area (Å²) in [5.74, 6) is 0.877. The number of fused-ring (bicyclic) bond motifs is 1. The smallest absolute Gasteiger partial charge is 0.183 e. The topological polar surface area (TPSA) is 91.5 Å². The Balaban J connectivity index is 1.49. The summed E-state index contributed by atoms with van der Waals surface area (Å²) in [6.07, 6.45) is 0.660. The lowest BCUT2D eigenvalue weighted by Crippen LogP contribution is -2.20. The van der Waals surface area contributed by atoms with E-state index in [1.807, 2.05) is 61.5 Å². The summed E-state index contributed by atoms with van der Waals surface area (Å²) >= 11 is 11.4. The van der Waals surface area contributed by atoms with E-state index in [2.05, 4.69) is 44.1 Å². The Labute approximate surface area is 218 Å². The number of benzene rings is 3. The zero-order chi connectivity index (χ0) is 25.1. The van der Waals surface area contributed by atoms with Gasteiger partial charge in [0.15, 0.2) is 16.7 Å². The normalized spacial score (nSPS) is 10.7. The molecule has 9 heteroatoms. The molecule has 2 heterocycles. The number of hydrogen-bond acceptors (Lipinski definition) is 5. The summed E-state index contributed by atoms with van der Waals surface area (Å²) in [6, 6.07) is 27.5. The fourth-order valence-electron chi connectivity index (χ4n) is 3.95. The number of halogens is 1. The molecule has 0 aliphatic heterocycles. The van der Waals surface area contributed by atoms with Gasteiger partial charge in [0.1, 0.15) is 11.6 Å². The van der Waals surface area contributed by atoms with Gasteiger partial charge in [0.25, 0.3) is 0 Å². The third kappa shape index (κ3) is 4.75. The van der Waals surface area contributed by atoms with Crippen molar-refractivity contribution in [2.75, 3.05) is 10.6 Å². The molecule has 36 heavy (non-hydrogen) atoms. The van der Waals surface area contributed by atoms with Gasteiger partial charge in [-0.2, -0.15) is 10.4 Å². The van der Waals surface area contributed by atoms with Gasteiger partial charge in [-0.15, -0.1) is 10.2 Å². The van der Waals surface area contributed by atoms with Gasteiger partial charge in [0, 0.05) is 27.9 Å². The van der Waals surface area contributed by atoms with Crippen LogP contribution in [0.25, 0.3) is 16.6 Å². The number of anilines is 2. The molecule has 0 saturated carbocycles. The van der Waals surface area contributed by atoms with Gasteiger partial charge < -0.3 is 10.6 Å². The lowest BCUT2D eigenvalue weighted by molar-refractivity contribution is 0.794. The van der Waals surface area contributed by atoms with Gasteiger partial charge >= 0.3 is 0 Å². The molecule has 0 amide bonds. The number of thiocarbonyl (C=S) groups is 1. The van der Waals surface area contributed by atoms with Crippen molar-refractivity contribution >= 4 is 51.2 Å². The highest BCUT2D eigenvalue weighted by Gasteiger charge is 2.20. The van der Waals surface area contributed by atoms with Crippen LogP contribution >= 0.6 is 23.8 Å². The number of nitrogens with zero attached hydrogens (tertiary/aromatic N) is 5. The molecule has 0 spiro atoms. The van der Waals surface area contributed by atoms with Crippen LogP contribution in [0.5, 0.6) is 0 Å². The number of nitrogens with one attached hydrogen (secondary N) is 2. The Morgan fingerprint density at radius 3 is 2.36 bits per heavy atom. The average Bonchev–Trinajstić information content (AvgIpc) is 3.20. The first-order chi connectivity index (χ1) is 17.5. The van der Waals surface area contributed by atoms with E-state index in [-0.39, 0.29) is 0 Å². The number of rotatable bonds is 5. The van der Waals surface area contributed by atoms with Crippen molar-refractivity contribution in [3.63, 3.8) is 0 Å². The van der Waals surface area contributed by atoms with Crippen LogP contribution in [0, 0.1) is 18.3 Å². The van der Waals surface area contributed by atoms with Crippen molar-refractivity contribution < 1.29 is 0 Å². The summed E-state index contributed by atoms with van der Waals surface area (Å²) in [4.78, 5) is 0. The van der Waals surface area contributed by atoms with Gasteiger partial charge in [-0.1, -0.05) is 66.2 Å². The van der Waals surface area contributed by atoms with Crippen molar-refractivity contribution in [3.8, 4) is 11.9 Å². The maximum absolute atomic E-state index is 9.86. The van der Waals surface area contributed by atoms with Crippen LogP contribution < -0.4 is 10.6 Å². The van der Waals surface area contributed by atoms with E-state index in [0.29, 0.717) is 39.4 Å². The first-order valence-corrected chi connectivity index (χ1v) is 11.9. The molecule has 0 unspecified atom stereocenters. The third-order valence-electron chi connectivity index (χ3n) is 5.72. The Kier molecular flexibility index (Phi) is 6.58. The second-order valence-corrected chi connectivity index (χ2v) is 8.94. The van der Waals surface area contributed by atoms with Gasteiger partial charge in [0.2, 0.25) is 0 Å². The maximum Gasteiger partial charge on any atom is 0.183 e. The van der Waals surface area contributed by atoms with Gasteiger partial charge in [-0.25, -0.2) is 4.68 Å². The molecule has 2 aromatic heterocycles.